The number of esters is 1. The molecule has 1 heterocycles. The SMILES string of the molecule is COC(=O)CC1CN(c2ccccc2C#N)CCO1. The molecule has 1 aromatic rings. The van der Waals surface area contributed by atoms with Crippen LogP contribution in [0.5, 0.6) is 0 Å². The van der Waals surface area contributed by atoms with Gasteiger partial charge in [-0.05, 0) is 12.1 Å². The number of ether oxygens (including phenoxy) is 2. The van der Waals surface area contributed by atoms with Crippen molar-refractivity contribution in [2.75, 3.05) is 31.7 Å². The molecule has 1 saturated heterocycles. The maximum Gasteiger partial charge on any atom is 0.308 e. The summed E-state index contributed by atoms with van der Waals surface area (Å²) in [7, 11) is 1.37. The van der Waals surface area contributed by atoms with Crippen molar-refractivity contribution in [2.24, 2.45) is 0 Å². The van der Waals surface area contributed by atoms with Gasteiger partial charge in [-0.25, -0.2) is 0 Å². The molecule has 100 valence electrons. The number of para-hydroxylation sites is 1. The maximum atomic E-state index is 11.3. The van der Waals surface area contributed by atoms with Gasteiger partial charge < -0.3 is 14.4 Å². The van der Waals surface area contributed by atoms with Crippen molar-refractivity contribution in [2.45, 2.75) is 12.5 Å². The van der Waals surface area contributed by atoms with Gasteiger partial charge in [0, 0.05) is 13.1 Å². The van der Waals surface area contributed by atoms with Crippen LogP contribution >= 0.6 is 0 Å². The van der Waals surface area contributed by atoms with E-state index < -0.39 is 0 Å². The first-order valence-corrected chi connectivity index (χ1v) is 6.17. The molecule has 0 bridgehead atoms. The summed E-state index contributed by atoms with van der Waals surface area (Å²) in [4.78, 5) is 13.4. The Kier molecular flexibility index (Phi) is 4.37. The summed E-state index contributed by atoms with van der Waals surface area (Å²) in [5, 5.41) is 9.12. The number of nitrogens with zero attached hydrogens (tertiary/aromatic N) is 2. The molecule has 1 fully saturated rings. The second-order valence-electron chi connectivity index (χ2n) is 4.35. The topological polar surface area (TPSA) is 62.6 Å². The Morgan fingerprint density at radius 3 is 3.11 bits per heavy atom. The lowest BCUT2D eigenvalue weighted by Crippen LogP contribution is -2.43. The van der Waals surface area contributed by atoms with Gasteiger partial charge in [-0.3, -0.25) is 4.79 Å². The van der Waals surface area contributed by atoms with Crippen LogP contribution in [0.2, 0.25) is 0 Å². The second kappa shape index (κ2) is 6.21. The first-order valence-electron chi connectivity index (χ1n) is 6.17. The van der Waals surface area contributed by atoms with Crippen molar-refractivity contribution in [1.29, 1.82) is 5.26 Å². The van der Waals surface area contributed by atoms with Crippen LogP contribution in [0, 0.1) is 11.3 Å². The van der Waals surface area contributed by atoms with Crippen LogP contribution in [-0.4, -0.2) is 38.9 Å². The van der Waals surface area contributed by atoms with E-state index in [0.717, 1.165) is 12.2 Å². The third kappa shape index (κ3) is 3.24. The average Bonchev–Trinajstić information content (AvgIpc) is 2.47. The second-order valence-corrected chi connectivity index (χ2v) is 4.35. The fourth-order valence-corrected chi connectivity index (χ4v) is 2.17. The molecule has 0 aromatic heterocycles. The maximum absolute atomic E-state index is 11.3. The van der Waals surface area contributed by atoms with Crippen molar-refractivity contribution >= 4 is 11.7 Å². The molecule has 0 saturated carbocycles. The average molecular weight is 260 g/mol. The van der Waals surface area contributed by atoms with Crippen LogP contribution in [0.3, 0.4) is 0 Å². The van der Waals surface area contributed by atoms with Gasteiger partial charge in [0.1, 0.15) is 6.07 Å². The summed E-state index contributed by atoms with van der Waals surface area (Å²) in [6, 6.07) is 9.64. The molecule has 5 heteroatoms. The molecule has 0 amide bonds. The number of carbonyl (C=O) groups is 1. The molecule has 5 nitrogen and oxygen atoms in total. The van der Waals surface area contributed by atoms with E-state index in [1.807, 2.05) is 18.2 Å². The van der Waals surface area contributed by atoms with E-state index in [1.54, 1.807) is 6.07 Å². The van der Waals surface area contributed by atoms with Gasteiger partial charge in [0.25, 0.3) is 0 Å². The standard InChI is InChI=1S/C14H16N2O3/c1-18-14(17)8-12-10-16(6-7-19-12)13-5-3-2-4-11(13)9-15/h2-5,12H,6-8,10H2,1H3. The number of benzene rings is 1. The largest absolute Gasteiger partial charge is 0.469 e. The lowest BCUT2D eigenvalue weighted by Gasteiger charge is -2.34. The third-order valence-electron chi connectivity index (χ3n) is 3.13. The predicted octanol–water partition coefficient (Wildman–Crippen LogP) is 1.33. The summed E-state index contributed by atoms with van der Waals surface area (Å²) in [6.45, 7) is 1.85. The zero-order valence-corrected chi connectivity index (χ0v) is 10.8. The summed E-state index contributed by atoms with van der Waals surface area (Å²) in [5.41, 5.74) is 1.53. The predicted molar refractivity (Wildman–Crippen MR) is 69.7 cm³/mol. The minimum Gasteiger partial charge on any atom is -0.469 e. The van der Waals surface area contributed by atoms with Gasteiger partial charge in [-0.1, -0.05) is 12.1 Å². The van der Waals surface area contributed by atoms with Crippen LogP contribution in [-0.2, 0) is 14.3 Å². The molecule has 1 aliphatic heterocycles. The Labute approximate surface area is 112 Å². The van der Waals surface area contributed by atoms with Gasteiger partial charge in [0.2, 0.25) is 0 Å². The van der Waals surface area contributed by atoms with E-state index in [2.05, 4.69) is 15.7 Å². The quantitative estimate of drug-likeness (QED) is 0.767. The third-order valence-corrected chi connectivity index (χ3v) is 3.13. The number of hydrogen-bond acceptors (Lipinski definition) is 5. The fourth-order valence-electron chi connectivity index (χ4n) is 2.17. The van der Waals surface area contributed by atoms with Crippen molar-refractivity contribution < 1.29 is 14.3 Å². The van der Waals surface area contributed by atoms with Gasteiger partial charge in [0.05, 0.1) is 37.5 Å². The molecule has 19 heavy (non-hydrogen) atoms. The minimum atomic E-state index is -0.277. The normalized spacial score (nSPS) is 18.7. The zero-order valence-electron chi connectivity index (χ0n) is 10.8. The minimum absolute atomic E-state index is 0.187. The van der Waals surface area contributed by atoms with Gasteiger partial charge in [0.15, 0.2) is 0 Å². The fraction of sp³-hybridized carbons (Fsp3) is 0.429. The van der Waals surface area contributed by atoms with Crippen LogP contribution < -0.4 is 4.90 Å². The molecular weight excluding hydrogens is 244 g/mol. The number of nitriles is 1. The van der Waals surface area contributed by atoms with E-state index in [0.29, 0.717) is 18.7 Å². The smallest absolute Gasteiger partial charge is 0.308 e. The summed E-state index contributed by atoms with van der Waals surface area (Å²) < 4.78 is 10.2. The van der Waals surface area contributed by atoms with E-state index in [-0.39, 0.29) is 18.5 Å². The molecule has 2 rings (SSSR count). The molecule has 0 spiro atoms. The number of morpholine rings is 1. The Hall–Kier alpha value is -2.06. The summed E-state index contributed by atoms with van der Waals surface area (Å²) in [6.07, 6.45) is 0.0507. The number of carbonyl (C=O) groups excluding carboxylic acids is 1. The highest BCUT2D eigenvalue weighted by molar-refractivity contribution is 5.70. The number of hydrogen-bond donors (Lipinski definition) is 0. The van der Waals surface area contributed by atoms with Crippen LogP contribution in [0.1, 0.15) is 12.0 Å². The first kappa shape index (κ1) is 13.4. The van der Waals surface area contributed by atoms with E-state index >= 15 is 0 Å². The van der Waals surface area contributed by atoms with Gasteiger partial charge in [-0.15, -0.1) is 0 Å². The lowest BCUT2D eigenvalue weighted by atomic mass is 10.1. The highest BCUT2D eigenvalue weighted by Crippen LogP contribution is 2.22. The Balaban J connectivity index is 2.09. The van der Waals surface area contributed by atoms with Crippen molar-refractivity contribution in [3.63, 3.8) is 0 Å². The van der Waals surface area contributed by atoms with Crippen molar-refractivity contribution in [3.05, 3.63) is 29.8 Å². The van der Waals surface area contributed by atoms with Crippen LogP contribution in [0.4, 0.5) is 5.69 Å². The highest BCUT2D eigenvalue weighted by atomic mass is 16.5. The highest BCUT2D eigenvalue weighted by Gasteiger charge is 2.24. The van der Waals surface area contributed by atoms with E-state index in [9.17, 15) is 4.79 Å². The Morgan fingerprint density at radius 2 is 2.37 bits per heavy atom. The van der Waals surface area contributed by atoms with Crippen LogP contribution in [0.25, 0.3) is 0 Å². The molecule has 0 aliphatic carbocycles. The Morgan fingerprint density at radius 1 is 1.58 bits per heavy atom. The molecule has 1 unspecified atom stereocenters. The van der Waals surface area contributed by atoms with Gasteiger partial charge in [-0.2, -0.15) is 5.26 Å². The monoisotopic (exact) mass is 260 g/mol. The number of methoxy groups -OCH3 is 1. The molecular formula is C14H16N2O3. The molecule has 1 aliphatic rings. The summed E-state index contributed by atoms with van der Waals surface area (Å²) >= 11 is 0. The summed E-state index contributed by atoms with van der Waals surface area (Å²) in [5.74, 6) is -0.277. The molecule has 1 atom stereocenters. The van der Waals surface area contributed by atoms with Crippen molar-refractivity contribution in [3.8, 4) is 6.07 Å². The molecule has 0 radical (unpaired) electrons. The zero-order chi connectivity index (χ0) is 13.7. The number of rotatable bonds is 3. The first-order chi connectivity index (χ1) is 9.24. The Bertz CT molecular complexity index is 496. The molecule has 0 N–H and O–H groups in total. The van der Waals surface area contributed by atoms with Gasteiger partial charge >= 0.3 is 5.97 Å². The number of anilines is 1. The molecule has 1 aromatic carbocycles. The van der Waals surface area contributed by atoms with E-state index in [1.165, 1.54) is 7.11 Å². The van der Waals surface area contributed by atoms with Crippen molar-refractivity contribution in [1.82, 2.24) is 0 Å². The van der Waals surface area contributed by atoms with Crippen LogP contribution in [0.15, 0.2) is 24.3 Å². The lowest BCUT2D eigenvalue weighted by molar-refractivity contribution is -0.144. The van der Waals surface area contributed by atoms with E-state index in [4.69, 9.17) is 10.00 Å².